The van der Waals surface area contributed by atoms with E-state index in [-0.39, 0.29) is 11.8 Å². The molecule has 1 heterocycles. The van der Waals surface area contributed by atoms with E-state index in [9.17, 15) is 4.79 Å². The van der Waals surface area contributed by atoms with Crippen LogP contribution in [-0.4, -0.2) is 22.2 Å². The molecule has 1 aromatic heterocycles. The van der Waals surface area contributed by atoms with Gasteiger partial charge < -0.3 is 11.1 Å². The predicted molar refractivity (Wildman–Crippen MR) is 54.8 cm³/mol. The van der Waals surface area contributed by atoms with E-state index in [1.807, 2.05) is 20.2 Å². The number of anilines is 1. The second-order valence-electron chi connectivity index (χ2n) is 3.49. The van der Waals surface area contributed by atoms with Crippen molar-refractivity contribution in [3.05, 3.63) is 11.9 Å². The average molecular weight is 196 g/mol. The van der Waals surface area contributed by atoms with E-state index in [4.69, 9.17) is 5.73 Å². The summed E-state index contributed by atoms with van der Waals surface area (Å²) in [6.45, 7) is 4.25. The summed E-state index contributed by atoms with van der Waals surface area (Å²) in [7, 11) is 1.86. The second-order valence-corrected chi connectivity index (χ2v) is 3.49. The van der Waals surface area contributed by atoms with Crippen LogP contribution in [0.3, 0.4) is 0 Å². The molecule has 5 nitrogen and oxygen atoms in total. The van der Waals surface area contributed by atoms with Gasteiger partial charge in [0.1, 0.15) is 0 Å². The molecule has 0 saturated heterocycles. The molecule has 0 fully saturated rings. The number of rotatable bonds is 4. The molecule has 0 aliphatic heterocycles. The lowest BCUT2D eigenvalue weighted by Gasteiger charge is -2.08. The largest absolute Gasteiger partial charge is 0.382 e. The number of amides is 1. The predicted octanol–water partition coefficient (Wildman–Crippen LogP) is 0.262. The highest BCUT2D eigenvalue weighted by Gasteiger charge is 2.09. The van der Waals surface area contributed by atoms with Crippen LogP contribution >= 0.6 is 0 Å². The topological polar surface area (TPSA) is 72.9 Å². The molecule has 0 aliphatic carbocycles. The molecule has 3 N–H and O–H groups in total. The van der Waals surface area contributed by atoms with E-state index < -0.39 is 0 Å². The summed E-state index contributed by atoms with van der Waals surface area (Å²) >= 11 is 0. The van der Waals surface area contributed by atoms with Crippen molar-refractivity contribution < 1.29 is 4.79 Å². The number of hydrogen-bond acceptors (Lipinski definition) is 3. The molecule has 0 aromatic carbocycles. The summed E-state index contributed by atoms with van der Waals surface area (Å²) in [5.41, 5.74) is 7.01. The maximum Gasteiger partial charge on any atom is 0.222 e. The second kappa shape index (κ2) is 4.13. The SMILES string of the molecule is Cc1nn(C)cc1NCC(C)C(N)=O. The van der Waals surface area contributed by atoms with Gasteiger partial charge in [-0.2, -0.15) is 5.10 Å². The van der Waals surface area contributed by atoms with Crippen LogP contribution in [0.15, 0.2) is 6.20 Å². The van der Waals surface area contributed by atoms with Crippen molar-refractivity contribution in [1.29, 1.82) is 0 Å². The number of aromatic nitrogens is 2. The maximum atomic E-state index is 10.8. The Hall–Kier alpha value is -1.52. The van der Waals surface area contributed by atoms with Crippen molar-refractivity contribution in [2.45, 2.75) is 13.8 Å². The van der Waals surface area contributed by atoms with E-state index in [0.717, 1.165) is 11.4 Å². The molecule has 1 atom stereocenters. The van der Waals surface area contributed by atoms with Crippen molar-refractivity contribution in [3.63, 3.8) is 0 Å². The fourth-order valence-corrected chi connectivity index (χ4v) is 1.14. The lowest BCUT2D eigenvalue weighted by molar-refractivity contribution is -0.120. The smallest absolute Gasteiger partial charge is 0.222 e. The zero-order valence-electron chi connectivity index (χ0n) is 8.74. The van der Waals surface area contributed by atoms with Gasteiger partial charge in [0.2, 0.25) is 5.91 Å². The van der Waals surface area contributed by atoms with Crippen LogP contribution in [-0.2, 0) is 11.8 Å². The molecule has 0 saturated carbocycles. The third kappa shape index (κ3) is 2.48. The van der Waals surface area contributed by atoms with Crippen LogP contribution in [0.5, 0.6) is 0 Å². The third-order valence-corrected chi connectivity index (χ3v) is 2.10. The van der Waals surface area contributed by atoms with Gasteiger partial charge in [0.05, 0.1) is 17.3 Å². The molecule has 0 bridgehead atoms. The van der Waals surface area contributed by atoms with Gasteiger partial charge in [-0.1, -0.05) is 6.92 Å². The number of nitrogens with zero attached hydrogens (tertiary/aromatic N) is 2. The standard InChI is InChI=1S/C9H16N4O/c1-6(9(10)14)4-11-8-5-13(3)12-7(8)2/h5-6,11H,4H2,1-3H3,(H2,10,14). The lowest BCUT2D eigenvalue weighted by atomic mass is 10.1. The monoisotopic (exact) mass is 196 g/mol. The molecule has 1 amide bonds. The minimum Gasteiger partial charge on any atom is -0.382 e. The van der Waals surface area contributed by atoms with Gasteiger partial charge in [0.25, 0.3) is 0 Å². The van der Waals surface area contributed by atoms with E-state index in [0.29, 0.717) is 6.54 Å². The fourth-order valence-electron chi connectivity index (χ4n) is 1.14. The van der Waals surface area contributed by atoms with E-state index >= 15 is 0 Å². The molecule has 78 valence electrons. The normalized spacial score (nSPS) is 12.5. The molecule has 0 radical (unpaired) electrons. The Balaban J connectivity index is 2.53. The summed E-state index contributed by atoms with van der Waals surface area (Å²) in [5.74, 6) is -0.464. The summed E-state index contributed by atoms with van der Waals surface area (Å²) < 4.78 is 1.73. The Morgan fingerprint density at radius 3 is 2.86 bits per heavy atom. The van der Waals surface area contributed by atoms with Gasteiger partial charge in [0.15, 0.2) is 0 Å². The molecule has 1 aromatic rings. The van der Waals surface area contributed by atoms with E-state index in [1.54, 1.807) is 11.6 Å². The molecule has 0 spiro atoms. The van der Waals surface area contributed by atoms with Crippen molar-refractivity contribution in [1.82, 2.24) is 9.78 Å². The highest BCUT2D eigenvalue weighted by Crippen LogP contribution is 2.11. The molecule has 5 heteroatoms. The molecular formula is C9H16N4O. The van der Waals surface area contributed by atoms with Gasteiger partial charge >= 0.3 is 0 Å². The third-order valence-electron chi connectivity index (χ3n) is 2.10. The molecule has 1 rings (SSSR count). The van der Waals surface area contributed by atoms with Gasteiger partial charge in [-0.15, -0.1) is 0 Å². The number of hydrogen-bond donors (Lipinski definition) is 2. The van der Waals surface area contributed by atoms with E-state index in [2.05, 4.69) is 10.4 Å². The van der Waals surface area contributed by atoms with Gasteiger partial charge in [-0.05, 0) is 6.92 Å². The van der Waals surface area contributed by atoms with Gasteiger partial charge in [-0.3, -0.25) is 9.48 Å². The Labute approximate surface area is 83.3 Å². The highest BCUT2D eigenvalue weighted by molar-refractivity contribution is 5.76. The van der Waals surface area contributed by atoms with Crippen LogP contribution in [0, 0.1) is 12.8 Å². The molecule has 1 unspecified atom stereocenters. The van der Waals surface area contributed by atoms with Crippen LogP contribution < -0.4 is 11.1 Å². The van der Waals surface area contributed by atoms with Crippen LogP contribution in [0.2, 0.25) is 0 Å². The minimum absolute atomic E-state index is 0.172. The summed E-state index contributed by atoms with van der Waals surface area (Å²) in [6.07, 6.45) is 1.88. The van der Waals surface area contributed by atoms with Gasteiger partial charge in [0, 0.05) is 19.8 Å². The van der Waals surface area contributed by atoms with Crippen molar-refractivity contribution in [2.24, 2.45) is 18.7 Å². The van der Waals surface area contributed by atoms with Gasteiger partial charge in [-0.25, -0.2) is 0 Å². The van der Waals surface area contributed by atoms with Crippen molar-refractivity contribution in [3.8, 4) is 0 Å². The first-order chi connectivity index (χ1) is 6.50. The quantitative estimate of drug-likeness (QED) is 0.725. The zero-order valence-corrected chi connectivity index (χ0v) is 8.74. The first kappa shape index (κ1) is 10.6. The van der Waals surface area contributed by atoms with Crippen molar-refractivity contribution >= 4 is 11.6 Å². The number of carbonyl (C=O) groups excluding carboxylic acids is 1. The maximum absolute atomic E-state index is 10.8. The number of primary amides is 1. The molecular weight excluding hydrogens is 180 g/mol. The van der Waals surface area contributed by atoms with Crippen LogP contribution in [0.1, 0.15) is 12.6 Å². The first-order valence-corrected chi connectivity index (χ1v) is 4.54. The Morgan fingerprint density at radius 2 is 2.43 bits per heavy atom. The Morgan fingerprint density at radius 1 is 1.79 bits per heavy atom. The van der Waals surface area contributed by atoms with Crippen LogP contribution in [0.4, 0.5) is 5.69 Å². The first-order valence-electron chi connectivity index (χ1n) is 4.54. The Kier molecular flexibility index (Phi) is 3.11. The zero-order chi connectivity index (χ0) is 10.7. The lowest BCUT2D eigenvalue weighted by Crippen LogP contribution is -2.26. The minimum atomic E-state index is -0.293. The molecule has 0 aliphatic rings. The summed E-state index contributed by atoms with van der Waals surface area (Å²) in [6, 6.07) is 0. The average Bonchev–Trinajstić information content (AvgIpc) is 2.40. The number of nitrogens with two attached hydrogens (primary N) is 1. The van der Waals surface area contributed by atoms with E-state index in [1.165, 1.54) is 0 Å². The Bertz CT molecular complexity index is 332. The fraction of sp³-hybridized carbons (Fsp3) is 0.556. The number of aryl methyl sites for hydroxylation is 2. The summed E-state index contributed by atoms with van der Waals surface area (Å²) in [4.78, 5) is 10.8. The van der Waals surface area contributed by atoms with Crippen LogP contribution in [0.25, 0.3) is 0 Å². The highest BCUT2D eigenvalue weighted by atomic mass is 16.1. The molecule has 14 heavy (non-hydrogen) atoms. The number of nitrogens with one attached hydrogen (secondary N) is 1. The summed E-state index contributed by atoms with van der Waals surface area (Å²) in [5, 5.41) is 7.30. The number of carbonyl (C=O) groups is 1. The van der Waals surface area contributed by atoms with Crippen molar-refractivity contribution in [2.75, 3.05) is 11.9 Å².